The van der Waals surface area contributed by atoms with E-state index in [0.29, 0.717) is 19.5 Å². The first-order valence-corrected chi connectivity index (χ1v) is 7.77. The maximum atomic E-state index is 12.0. The fourth-order valence-electron chi connectivity index (χ4n) is 3.56. The third-order valence-corrected chi connectivity index (χ3v) is 4.74. The first-order chi connectivity index (χ1) is 11.0. The van der Waals surface area contributed by atoms with Crippen LogP contribution in [0.4, 0.5) is 0 Å². The van der Waals surface area contributed by atoms with Crippen LogP contribution in [0.5, 0.6) is 0 Å². The minimum Gasteiger partial charge on any atom is -0.449 e. The Morgan fingerprint density at radius 1 is 1.48 bits per heavy atom. The Morgan fingerprint density at radius 2 is 2.17 bits per heavy atom. The number of nitriles is 1. The van der Waals surface area contributed by atoms with Crippen LogP contribution < -0.4 is 0 Å². The van der Waals surface area contributed by atoms with E-state index in [4.69, 9.17) is 4.74 Å². The molecule has 1 aromatic rings. The van der Waals surface area contributed by atoms with E-state index < -0.39 is 11.6 Å². The molecule has 0 bridgehead atoms. The molecule has 0 N–H and O–H groups in total. The van der Waals surface area contributed by atoms with E-state index in [-0.39, 0.29) is 11.6 Å². The normalized spacial score (nSPS) is 27.3. The highest BCUT2D eigenvalue weighted by atomic mass is 16.6. The molecule has 0 amide bonds. The molecule has 23 heavy (non-hydrogen) atoms. The predicted octanol–water partition coefficient (Wildman–Crippen LogP) is 3.06. The molecule has 0 radical (unpaired) electrons. The standard InChI is InChI=1S/C19H20N2O2/c1-4-9-21-12-19(3)16(15(11-20)18(22)23-19)10-17(21)14-7-5-13(2)6-8-14/h4-8,17H,1,9-10,12H2,2-3H3. The molecule has 0 saturated carbocycles. The van der Waals surface area contributed by atoms with Gasteiger partial charge >= 0.3 is 5.97 Å². The van der Waals surface area contributed by atoms with Gasteiger partial charge < -0.3 is 4.74 Å². The summed E-state index contributed by atoms with van der Waals surface area (Å²) in [5, 5.41) is 9.31. The molecule has 3 rings (SSSR count). The number of hydrogen-bond acceptors (Lipinski definition) is 4. The number of aryl methyl sites for hydroxylation is 1. The van der Waals surface area contributed by atoms with Crippen LogP contribution >= 0.6 is 0 Å². The van der Waals surface area contributed by atoms with Gasteiger partial charge in [0, 0.05) is 24.7 Å². The van der Waals surface area contributed by atoms with Crippen LogP contribution in [0.25, 0.3) is 0 Å². The number of esters is 1. The summed E-state index contributed by atoms with van der Waals surface area (Å²) in [6.45, 7) is 9.07. The molecule has 2 unspecified atom stereocenters. The van der Waals surface area contributed by atoms with Gasteiger partial charge in [0.15, 0.2) is 0 Å². The van der Waals surface area contributed by atoms with Crippen molar-refractivity contribution in [3.8, 4) is 6.07 Å². The van der Waals surface area contributed by atoms with Crippen LogP contribution in [-0.2, 0) is 9.53 Å². The van der Waals surface area contributed by atoms with Crippen molar-refractivity contribution in [2.75, 3.05) is 13.1 Å². The zero-order chi connectivity index (χ0) is 16.6. The maximum absolute atomic E-state index is 12.0. The Bertz CT molecular complexity index is 727. The van der Waals surface area contributed by atoms with Crippen molar-refractivity contribution < 1.29 is 9.53 Å². The van der Waals surface area contributed by atoms with Gasteiger partial charge in [0.1, 0.15) is 17.2 Å². The van der Waals surface area contributed by atoms with Gasteiger partial charge in [0.05, 0.1) is 0 Å². The molecule has 1 aromatic carbocycles. The molecule has 2 atom stereocenters. The van der Waals surface area contributed by atoms with E-state index in [2.05, 4.69) is 42.7 Å². The van der Waals surface area contributed by atoms with Crippen LogP contribution in [-0.4, -0.2) is 29.6 Å². The van der Waals surface area contributed by atoms with Crippen molar-refractivity contribution in [3.63, 3.8) is 0 Å². The second kappa shape index (κ2) is 5.68. The third-order valence-electron chi connectivity index (χ3n) is 4.74. The Hall–Kier alpha value is -2.38. The summed E-state index contributed by atoms with van der Waals surface area (Å²) >= 11 is 0. The quantitative estimate of drug-likeness (QED) is 0.636. The summed E-state index contributed by atoms with van der Waals surface area (Å²) in [5.41, 5.74) is 2.70. The number of likely N-dealkylation sites (tertiary alicyclic amines) is 1. The number of piperidine rings is 1. The first kappa shape index (κ1) is 15.5. The van der Waals surface area contributed by atoms with Crippen molar-refractivity contribution in [2.45, 2.75) is 31.9 Å². The van der Waals surface area contributed by atoms with E-state index in [0.717, 1.165) is 5.57 Å². The topological polar surface area (TPSA) is 53.3 Å². The van der Waals surface area contributed by atoms with Crippen LogP contribution in [0.15, 0.2) is 48.1 Å². The van der Waals surface area contributed by atoms with Gasteiger partial charge in [-0.05, 0) is 25.8 Å². The molecule has 2 heterocycles. The van der Waals surface area contributed by atoms with Gasteiger partial charge in [-0.3, -0.25) is 4.90 Å². The zero-order valence-electron chi connectivity index (χ0n) is 13.5. The number of nitrogens with zero attached hydrogens (tertiary/aromatic N) is 2. The highest BCUT2D eigenvalue weighted by Crippen LogP contribution is 2.45. The number of hydrogen-bond donors (Lipinski definition) is 0. The van der Waals surface area contributed by atoms with Gasteiger partial charge in [-0.25, -0.2) is 4.79 Å². The van der Waals surface area contributed by atoms with Crippen LogP contribution in [0.1, 0.15) is 30.5 Å². The molecule has 4 heteroatoms. The Balaban J connectivity index is 2.03. The Labute approximate surface area is 136 Å². The molecule has 2 aliphatic rings. The Kier molecular flexibility index (Phi) is 3.83. The van der Waals surface area contributed by atoms with Crippen molar-refractivity contribution in [1.82, 2.24) is 4.90 Å². The third kappa shape index (κ3) is 2.58. The minimum atomic E-state index is -0.702. The van der Waals surface area contributed by atoms with Gasteiger partial charge in [0.2, 0.25) is 0 Å². The summed E-state index contributed by atoms with van der Waals surface area (Å²) in [7, 11) is 0. The monoisotopic (exact) mass is 308 g/mol. The fraction of sp³-hybridized carbons (Fsp3) is 0.368. The highest BCUT2D eigenvalue weighted by Gasteiger charge is 2.50. The average Bonchev–Trinajstić information content (AvgIpc) is 2.76. The van der Waals surface area contributed by atoms with E-state index in [1.807, 2.05) is 19.1 Å². The fourth-order valence-corrected chi connectivity index (χ4v) is 3.56. The highest BCUT2D eigenvalue weighted by molar-refractivity contribution is 5.97. The lowest BCUT2D eigenvalue weighted by Crippen LogP contribution is -2.49. The predicted molar refractivity (Wildman–Crippen MR) is 87.4 cm³/mol. The lowest BCUT2D eigenvalue weighted by Gasteiger charge is -2.43. The molecular weight excluding hydrogens is 288 g/mol. The van der Waals surface area contributed by atoms with Gasteiger partial charge in [0.25, 0.3) is 0 Å². The zero-order valence-corrected chi connectivity index (χ0v) is 13.5. The molecule has 118 valence electrons. The SMILES string of the molecule is C=CCN1CC2(C)OC(=O)C(C#N)=C2CC1c1ccc(C)cc1. The van der Waals surface area contributed by atoms with Crippen LogP contribution in [0.3, 0.4) is 0 Å². The summed E-state index contributed by atoms with van der Waals surface area (Å²) < 4.78 is 5.52. The van der Waals surface area contributed by atoms with Gasteiger partial charge in [-0.1, -0.05) is 35.9 Å². The van der Waals surface area contributed by atoms with E-state index in [1.54, 1.807) is 0 Å². The number of ether oxygens (including phenoxy) is 1. The van der Waals surface area contributed by atoms with E-state index in [1.165, 1.54) is 11.1 Å². The summed E-state index contributed by atoms with van der Waals surface area (Å²) in [4.78, 5) is 14.2. The lowest BCUT2D eigenvalue weighted by atomic mass is 9.81. The number of benzene rings is 1. The average molecular weight is 308 g/mol. The molecule has 2 aliphatic heterocycles. The molecule has 1 saturated heterocycles. The maximum Gasteiger partial charge on any atom is 0.349 e. The van der Waals surface area contributed by atoms with Crippen LogP contribution in [0, 0.1) is 18.3 Å². The number of carbonyl (C=O) groups is 1. The first-order valence-electron chi connectivity index (χ1n) is 7.77. The van der Waals surface area contributed by atoms with Crippen molar-refractivity contribution >= 4 is 5.97 Å². The minimum absolute atomic E-state index is 0.120. The lowest BCUT2D eigenvalue weighted by molar-refractivity contribution is -0.148. The summed E-state index contributed by atoms with van der Waals surface area (Å²) in [5.74, 6) is -0.492. The molecule has 4 nitrogen and oxygen atoms in total. The number of fused-ring (bicyclic) bond motifs is 1. The van der Waals surface area contributed by atoms with Crippen LogP contribution in [0.2, 0.25) is 0 Å². The number of rotatable bonds is 3. The van der Waals surface area contributed by atoms with Crippen molar-refractivity contribution in [1.29, 1.82) is 5.26 Å². The second-order valence-corrected chi connectivity index (χ2v) is 6.43. The van der Waals surface area contributed by atoms with Crippen molar-refractivity contribution in [3.05, 3.63) is 59.2 Å². The smallest absolute Gasteiger partial charge is 0.349 e. The molecule has 0 spiro atoms. The number of carbonyl (C=O) groups excluding carboxylic acids is 1. The molecule has 1 fully saturated rings. The largest absolute Gasteiger partial charge is 0.449 e. The summed E-state index contributed by atoms with van der Waals surface area (Å²) in [6, 6.07) is 10.6. The molecule has 0 aromatic heterocycles. The van der Waals surface area contributed by atoms with Crippen molar-refractivity contribution in [2.24, 2.45) is 0 Å². The summed E-state index contributed by atoms with van der Waals surface area (Å²) in [6.07, 6.45) is 2.49. The van der Waals surface area contributed by atoms with E-state index in [9.17, 15) is 10.1 Å². The van der Waals surface area contributed by atoms with Gasteiger partial charge in [-0.15, -0.1) is 6.58 Å². The Morgan fingerprint density at radius 3 is 2.78 bits per heavy atom. The molecule has 0 aliphatic carbocycles. The van der Waals surface area contributed by atoms with Gasteiger partial charge in [-0.2, -0.15) is 5.26 Å². The molecular formula is C19H20N2O2. The second-order valence-electron chi connectivity index (χ2n) is 6.43. The van der Waals surface area contributed by atoms with E-state index >= 15 is 0 Å².